The molecule has 1 aliphatic rings. The number of carboxylic acids is 1. The van der Waals surface area contributed by atoms with E-state index in [-0.39, 0.29) is 10.6 Å². The van der Waals surface area contributed by atoms with Crippen molar-refractivity contribution in [1.29, 1.82) is 0 Å². The fraction of sp³-hybridized carbons (Fsp3) is 0.0667. The number of hydrogen-bond acceptors (Lipinski definition) is 6. The van der Waals surface area contributed by atoms with Gasteiger partial charge in [0.15, 0.2) is 11.5 Å². The number of amides is 1. The summed E-state index contributed by atoms with van der Waals surface area (Å²) < 4.78 is 39.4. The van der Waals surface area contributed by atoms with E-state index in [0.717, 1.165) is 16.7 Å². The van der Waals surface area contributed by atoms with Gasteiger partial charge in [-0.25, -0.2) is 14.8 Å². The molecule has 11 heteroatoms. The minimum absolute atomic E-state index is 0.162. The van der Waals surface area contributed by atoms with Gasteiger partial charge in [-0.2, -0.15) is 13.2 Å². The Bertz CT molecular complexity index is 932. The lowest BCUT2D eigenvalue weighted by molar-refractivity contribution is -0.141. The number of benzene rings is 1. The van der Waals surface area contributed by atoms with Gasteiger partial charge in [-0.15, -0.1) is 0 Å². The number of nitrogens with one attached hydrogen (secondary N) is 1. The molecule has 3 rings (SSSR count). The zero-order valence-electron chi connectivity index (χ0n) is 12.7. The second-order valence-corrected chi connectivity index (χ2v) is 6.10. The molecule has 0 spiro atoms. The number of anilines is 1. The van der Waals surface area contributed by atoms with Gasteiger partial charge in [-0.1, -0.05) is 23.9 Å². The zero-order chi connectivity index (χ0) is 19.1. The minimum atomic E-state index is -5.04. The van der Waals surface area contributed by atoms with Crippen LogP contribution in [0.4, 0.5) is 18.9 Å². The largest absolute Gasteiger partial charge is 0.478 e. The van der Waals surface area contributed by atoms with Crippen LogP contribution < -0.4 is 11.1 Å². The molecular formula is C15H9F3N4O3S. The van der Waals surface area contributed by atoms with Gasteiger partial charge in [0.2, 0.25) is 0 Å². The Morgan fingerprint density at radius 3 is 2.50 bits per heavy atom. The molecule has 0 saturated heterocycles. The van der Waals surface area contributed by atoms with Crippen molar-refractivity contribution in [3.05, 3.63) is 52.6 Å². The third-order valence-corrected chi connectivity index (χ3v) is 4.42. The lowest BCUT2D eigenvalue weighted by Gasteiger charge is -2.12. The maximum absolute atomic E-state index is 13.1. The molecule has 7 nitrogen and oxygen atoms in total. The molecule has 1 aliphatic heterocycles. The zero-order valence-corrected chi connectivity index (χ0v) is 13.5. The number of carbonyl (C=O) groups is 2. The maximum Gasteiger partial charge on any atom is 0.434 e. The highest BCUT2D eigenvalue weighted by Crippen LogP contribution is 2.43. The topological polar surface area (TPSA) is 118 Å². The van der Waals surface area contributed by atoms with E-state index in [9.17, 15) is 22.8 Å². The Morgan fingerprint density at radius 1 is 1.23 bits per heavy atom. The molecule has 0 aliphatic carbocycles. The summed E-state index contributed by atoms with van der Waals surface area (Å²) in [5, 5.41) is 11.9. The van der Waals surface area contributed by atoms with Crippen molar-refractivity contribution in [2.75, 3.05) is 5.32 Å². The number of rotatable bonds is 3. The molecule has 1 amide bonds. The highest BCUT2D eigenvalue weighted by atomic mass is 32.2. The van der Waals surface area contributed by atoms with Crippen LogP contribution >= 0.6 is 11.8 Å². The number of primary amides is 1. The first kappa shape index (κ1) is 17.7. The Hall–Kier alpha value is -3.08. The second-order valence-electron chi connectivity index (χ2n) is 5.05. The van der Waals surface area contributed by atoms with Gasteiger partial charge in [-0.3, -0.25) is 4.79 Å². The van der Waals surface area contributed by atoms with E-state index >= 15 is 0 Å². The summed E-state index contributed by atoms with van der Waals surface area (Å²) in [5.74, 6) is -3.50. The molecule has 0 unspecified atom stereocenters. The number of hydrogen-bond donors (Lipinski definition) is 3. The van der Waals surface area contributed by atoms with Crippen LogP contribution in [0.1, 0.15) is 21.9 Å². The number of fused-ring (bicyclic) bond motifs is 1. The van der Waals surface area contributed by atoms with Crippen LogP contribution in [-0.2, 0) is 11.0 Å². The van der Waals surface area contributed by atoms with Crippen LogP contribution in [0, 0.1) is 0 Å². The molecule has 0 bridgehead atoms. The molecule has 1 aromatic heterocycles. The van der Waals surface area contributed by atoms with Gasteiger partial charge in [0, 0.05) is 11.1 Å². The molecule has 0 radical (unpaired) electrons. The number of aromatic nitrogens is 2. The highest BCUT2D eigenvalue weighted by Gasteiger charge is 2.39. The monoisotopic (exact) mass is 382 g/mol. The smallest absolute Gasteiger partial charge is 0.434 e. The maximum atomic E-state index is 13.1. The lowest BCUT2D eigenvalue weighted by atomic mass is 10.2. The number of halogens is 3. The van der Waals surface area contributed by atoms with Crippen LogP contribution in [0.2, 0.25) is 0 Å². The van der Waals surface area contributed by atoms with Crippen LogP contribution in [-0.4, -0.2) is 27.0 Å². The predicted molar refractivity (Wildman–Crippen MR) is 86.0 cm³/mol. The van der Waals surface area contributed by atoms with Gasteiger partial charge in [-0.05, 0) is 12.1 Å². The fourth-order valence-electron chi connectivity index (χ4n) is 2.23. The quantitative estimate of drug-likeness (QED) is 0.698. The first-order valence-electron chi connectivity index (χ1n) is 6.94. The minimum Gasteiger partial charge on any atom is -0.478 e. The number of aromatic carboxylic acids is 1. The van der Waals surface area contributed by atoms with Crippen molar-refractivity contribution in [2.45, 2.75) is 11.1 Å². The Kier molecular flexibility index (Phi) is 4.32. The predicted octanol–water partition coefficient (Wildman–Crippen LogP) is 2.57. The van der Waals surface area contributed by atoms with Crippen molar-refractivity contribution in [3.8, 4) is 0 Å². The van der Waals surface area contributed by atoms with Crippen molar-refractivity contribution in [3.63, 3.8) is 0 Å². The van der Waals surface area contributed by atoms with E-state index in [2.05, 4.69) is 15.3 Å². The Balaban J connectivity index is 2.16. The second kappa shape index (κ2) is 6.33. The molecule has 26 heavy (non-hydrogen) atoms. The van der Waals surface area contributed by atoms with Crippen LogP contribution in [0.3, 0.4) is 0 Å². The standard InChI is InChI=1S/C15H9F3N4O3S/c16-15(17,18)10-6(14(24)25)5-20-12(22-10)9(11(19)23)13-21-7-3-1-2-4-8(7)26-13/h1-5,21H,(H2,19,23)(H,24,25)/b13-9-. The number of thioether (sulfide) groups is 1. The van der Waals surface area contributed by atoms with Gasteiger partial charge in [0.1, 0.15) is 11.1 Å². The van der Waals surface area contributed by atoms with Gasteiger partial charge in [0.05, 0.1) is 10.7 Å². The lowest BCUT2D eigenvalue weighted by Crippen LogP contribution is -2.22. The molecule has 134 valence electrons. The van der Waals surface area contributed by atoms with E-state index in [1.165, 1.54) is 0 Å². The first-order valence-corrected chi connectivity index (χ1v) is 7.76. The molecule has 4 N–H and O–H groups in total. The summed E-state index contributed by atoms with van der Waals surface area (Å²) in [5.41, 5.74) is 2.81. The third-order valence-electron chi connectivity index (χ3n) is 3.33. The summed E-state index contributed by atoms with van der Waals surface area (Å²) in [6.07, 6.45) is -4.54. The SMILES string of the molecule is NC(=O)/C(=C1\Nc2ccccc2S1)c1ncc(C(=O)O)c(C(F)(F)F)n1. The van der Waals surface area contributed by atoms with E-state index in [4.69, 9.17) is 10.8 Å². The van der Waals surface area contributed by atoms with Crippen LogP contribution in [0.15, 0.2) is 40.4 Å². The number of alkyl halides is 3. The van der Waals surface area contributed by atoms with Crippen LogP contribution in [0.5, 0.6) is 0 Å². The fourth-order valence-corrected chi connectivity index (χ4v) is 3.28. The summed E-state index contributed by atoms with van der Waals surface area (Å²) >= 11 is 1.08. The van der Waals surface area contributed by atoms with E-state index in [1.54, 1.807) is 24.3 Å². The van der Waals surface area contributed by atoms with E-state index in [1.807, 2.05) is 0 Å². The number of nitrogens with two attached hydrogens (primary N) is 1. The molecule has 1 aromatic carbocycles. The molecule has 0 saturated carbocycles. The number of para-hydroxylation sites is 1. The molecule has 0 fully saturated rings. The van der Waals surface area contributed by atoms with Crippen LogP contribution in [0.25, 0.3) is 5.57 Å². The molecule has 0 atom stereocenters. The van der Waals surface area contributed by atoms with E-state index in [0.29, 0.717) is 11.9 Å². The summed E-state index contributed by atoms with van der Waals surface area (Å²) in [6, 6.07) is 6.94. The summed E-state index contributed by atoms with van der Waals surface area (Å²) in [4.78, 5) is 30.4. The third kappa shape index (κ3) is 3.20. The summed E-state index contributed by atoms with van der Waals surface area (Å²) in [7, 11) is 0. The van der Waals surface area contributed by atoms with Crippen molar-refractivity contribution < 1.29 is 27.9 Å². The van der Waals surface area contributed by atoms with Crippen molar-refractivity contribution >= 4 is 34.9 Å². The Morgan fingerprint density at radius 2 is 1.92 bits per heavy atom. The number of nitrogens with zero attached hydrogens (tertiary/aromatic N) is 2. The van der Waals surface area contributed by atoms with Gasteiger partial charge < -0.3 is 16.2 Å². The van der Waals surface area contributed by atoms with Crippen molar-refractivity contribution in [2.24, 2.45) is 5.73 Å². The van der Waals surface area contributed by atoms with Crippen molar-refractivity contribution in [1.82, 2.24) is 9.97 Å². The Labute approximate surface area is 148 Å². The van der Waals surface area contributed by atoms with E-state index < -0.39 is 35.1 Å². The average molecular weight is 382 g/mol. The number of carbonyl (C=O) groups excluding carboxylic acids is 1. The number of carboxylic acid groups (broad SMARTS) is 1. The molecule has 2 aromatic rings. The first-order chi connectivity index (χ1) is 12.2. The molecule has 2 heterocycles. The highest BCUT2D eigenvalue weighted by molar-refractivity contribution is 8.04. The van der Waals surface area contributed by atoms with Gasteiger partial charge in [0.25, 0.3) is 5.91 Å². The average Bonchev–Trinajstić information content (AvgIpc) is 2.96. The normalized spacial score (nSPS) is 15.2. The summed E-state index contributed by atoms with van der Waals surface area (Å²) in [6.45, 7) is 0. The van der Waals surface area contributed by atoms with Gasteiger partial charge >= 0.3 is 12.1 Å². The molecular weight excluding hydrogens is 373 g/mol.